The maximum absolute atomic E-state index is 11.6. The molecule has 0 unspecified atom stereocenters. The molecule has 0 radical (unpaired) electrons. The van der Waals surface area contributed by atoms with E-state index in [2.05, 4.69) is 72.5 Å². The molecule has 0 saturated carbocycles. The quantitative estimate of drug-likeness (QED) is 0.134. The van der Waals surface area contributed by atoms with Gasteiger partial charge in [0.25, 0.3) is 20.2 Å². The fourth-order valence-corrected chi connectivity index (χ4v) is 9.36. The number of allylic oxidation sites excluding steroid dienone is 2. The molecule has 11 heteroatoms. The van der Waals surface area contributed by atoms with Gasteiger partial charge in [0.15, 0.2) is 0 Å². The van der Waals surface area contributed by atoms with Crippen molar-refractivity contribution in [2.75, 3.05) is 23.0 Å². The van der Waals surface area contributed by atoms with Gasteiger partial charge >= 0.3 is 0 Å². The van der Waals surface area contributed by atoms with Crippen LogP contribution in [0.2, 0.25) is 0 Å². The Bertz CT molecular complexity index is 2200. The van der Waals surface area contributed by atoms with Gasteiger partial charge in [0.05, 0.1) is 22.2 Å². The van der Waals surface area contributed by atoms with Crippen molar-refractivity contribution in [3.05, 3.63) is 99.9 Å². The second-order valence-corrected chi connectivity index (χ2v) is 16.4. The molecule has 2 heterocycles. The van der Waals surface area contributed by atoms with Gasteiger partial charge in [-0.2, -0.15) is 16.8 Å². The summed E-state index contributed by atoms with van der Waals surface area (Å²) in [4.78, 5) is 4.29. The minimum absolute atomic E-state index is 0.270. The van der Waals surface area contributed by atoms with E-state index in [1.807, 2.05) is 24.3 Å². The summed E-state index contributed by atoms with van der Waals surface area (Å²) < 4.78 is 66.2. The van der Waals surface area contributed by atoms with Gasteiger partial charge in [-0.15, -0.1) is 11.3 Å². The summed E-state index contributed by atoms with van der Waals surface area (Å²) >= 11 is 3.31. The molecule has 4 aromatic carbocycles. The van der Waals surface area contributed by atoms with Gasteiger partial charge in [-0.1, -0.05) is 79.3 Å². The first kappa shape index (κ1) is 31.8. The molecule has 0 fully saturated rings. The standard InChI is InChI=1S/C34H33NO6S4/c1-2-23(21-31-28(13-7-19-44(36,37)38)33-26-11-5-3-9-24(26)14-16-29(33)42-31)22-32-35(18-8-20-45(39,40)41)34-27-12-6-4-10-25(27)15-17-30(34)43-32/h3-6,9-12,14-17,21-22H,2,7-8,13,18-20H2,1H3,(H,36,37,38)(H,39,40,41)/b23-21?,32-22-. The average molecular weight is 680 g/mol. The molecule has 234 valence electrons. The van der Waals surface area contributed by atoms with Crippen LogP contribution >= 0.6 is 23.1 Å². The number of hydrogen-bond acceptors (Lipinski definition) is 7. The zero-order valence-corrected chi connectivity index (χ0v) is 27.9. The van der Waals surface area contributed by atoms with E-state index in [-0.39, 0.29) is 17.9 Å². The largest absolute Gasteiger partial charge is 0.334 e. The van der Waals surface area contributed by atoms with Crippen molar-refractivity contribution in [1.82, 2.24) is 0 Å². The Morgan fingerprint density at radius 1 is 0.822 bits per heavy atom. The predicted molar refractivity (Wildman–Crippen MR) is 189 cm³/mol. The van der Waals surface area contributed by atoms with Crippen molar-refractivity contribution in [2.45, 2.75) is 37.5 Å². The van der Waals surface area contributed by atoms with Crippen LogP contribution in [0.5, 0.6) is 0 Å². The zero-order chi connectivity index (χ0) is 31.8. The summed E-state index contributed by atoms with van der Waals surface area (Å²) in [6.45, 7) is 2.51. The second-order valence-electron chi connectivity index (χ2n) is 11.1. The number of aryl methyl sites for hydroxylation is 1. The molecule has 2 N–H and O–H groups in total. The van der Waals surface area contributed by atoms with Crippen molar-refractivity contribution >= 4 is 86.7 Å². The van der Waals surface area contributed by atoms with Gasteiger partial charge in [0.2, 0.25) is 0 Å². The van der Waals surface area contributed by atoms with Crippen LogP contribution in [0.15, 0.2) is 94.4 Å². The van der Waals surface area contributed by atoms with E-state index in [9.17, 15) is 25.9 Å². The molecule has 6 rings (SSSR count). The molecule has 1 aromatic heterocycles. The summed E-state index contributed by atoms with van der Waals surface area (Å²) in [7, 11) is -8.17. The number of anilines is 1. The Morgan fingerprint density at radius 2 is 1.47 bits per heavy atom. The van der Waals surface area contributed by atoms with E-state index in [0.29, 0.717) is 19.4 Å². The number of rotatable bonds is 11. The first-order valence-corrected chi connectivity index (χ1v) is 19.6. The molecule has 0 spiro atoms. The Kier molecular flexibility index (Phi) is 9.11. The van der Waals surface area contributed by atoms with E-state index in [1.54, 1.807) is 23.1 Å². The van der Waals surface area contributed by atoms with Crippen LogP contribution < -0.4 is 4.90 Å². The third kappa shape index (κ3) is 7.14. The number of hydrogen-bond donors (Lipinski definition) is 2. The van der Waals surface area contributed by atoms with Gasteiger partial charge < -0.3 is 4.90 Å². The third-order valence-electron chi connectivity index (χ3n) is 7.97. The average Bonchev–Trinajstić information content (AvgIpc) is 3.53. The van der Waals surface area contributed by atoms with Crippen LogP contribution in [0.4, 0.5) is 5.69 Å². The van der Waals surface area contributed by atoms with Crippen molar-refractivity contribution < 1.29 is 25.9 Å². The van der Waals surface area contributed by atoms with Crippen LogP contribution in [-0.2, 0) is 26.7 Å². The SMILES string of the molecule is CCC(=Cc1sc2ccc3ccccc3c2c1CCCS(=O)(=O)O)/C=C1\Sc2ccc3ccccc3c2N1CCCS(=O)(=O)O. The molecular weight excluding hydrogens is 647 g/mol. The van der Waals surface area contributed by atoms with Crippen LogP contribution in [0.3, 0.4) is 0 Å². The third-order valence-corrected chi connectivity index (χ3v) is 11.8. The maximum atomic E-state index is 11.6. The molecule has 1 aliphatic heterocycles. The normalized spacial score (nSPS) is 15.1. The Morgan fingerprint density at radius 3 is 2.18 bits per heavy atom. The predicted octanol–water partition coefficient (Wildman–Crippen LogP) is 8.55. The molecule has 7 nitrogen and oxygen atoms in total. The summed E-state index contributed by atoms with van der Waals surface area (Å²) in [5, 5.41) is 6.49. The van der Waals surface area contributed by atoms with Crippen molar-refractivity contribution in [2.24, 2.45) is 0 Å². The lowest BCUT2D eigenvalue weighted by Crippen LogP contribution is -2.22. The lowest BCUT2D eigenvalue weighted by Gasteiger charge is -2.22. The highest BCUT2D eigenvalue weighted by molar-refractivity contribution is 8.03. The Hall–Kier alpha value is -3.19. The number of benzene rings is 4. The number of thiophene rings is 1. The molecule has 0 amide bonds. The van der Waals surface area contributed by atoms with Gasteiger partial charge in [-0.05, 0) is 77.3 Å². The highest BCUT2D eigenvalue weighted by atomic mass is 32.2. The van der Waals surface area contributed by atoms with Gasteiger partial charge in [-0.3, -0.25) is 9.11 Å². The highest BCUT2D eigenvalue weighted by Crippen LogP contribution is 2.50. The summed E-state index contributed by atoms with van der Waals surface area (Å²) in [6, 6.07) is 24.7. The molecule has 5 aromatic rings. The molecule has 0 saturated heterocycles. The van der Waals surface area contributed by atoms with E-state index < -0.39 is 20.2 Å². The van der Waals surface area contributed by atoms with Gasteiger partial charge in [-0.25, -0.2) is 0 Å². The van der Waals surface area contributed by atoms with E-state index >= 15 is 0 Å². The summed E-state index contributed by atoms with van der Waals surface area (Å²) in [5.41, 5.74) is 3.17. The lowest BCUT2D eigenvalue weighted by atomic mass is 9.99. The minimum Gasteiger partial charge on any atom is -0.334 e. The van der Waals surface area contributed by atoms with Crippen LogP contribution in [-0.4, -0.2) is 44.0 Å². The molecule has 0 bridgehead atoms. The molecule has 1 aliphatic rings. The van der Waals surface area contributed by atoms with Gasteiger partial charge in [0, 0.05) is 31.8 Å². The number of fused-ring (bicyclic) bond motifs is 6. The van der Waals surface area contributed by atoms with Crippen LogP contribution in [0.1, 0.15) is 36.6 Å². The zero-order valence-electron chi connectivity index (χ0n) is 24.6. The molecule has 0 atom stereocenters. The van der Waals surface area contributed by atoms with E-state index in [1.165, 1.54) is 0 Å². The monoisotopic (exact) mass is 679 g/mol. The molecular formula is C34H33NO6S4. The number of nitrogens with zero attached hydrogens (tertiary/aromatic N) is 1. The van der Waals surface area contributed by atoms with Crippen LogP contribution in [0.25, 0.3) is 37.7 Å². The second kappa shape index (κ2) is 12.9. The van der Waals surface area contributed by atoms with Gasteiger partial charge in [0.1, 0.15) is 0 Å². The fourth-order valence-electron chi connectivity index (χ4n) is 5.93. The molecule has 45 heavy (non-hydrogen) atoms. The minimum atomic E-state index is -4.09. The Labute approximate surface area is 271 Å². The highest BCUT2D eigenvalue weighted by Gasteiger charge is 2.27. The summed E-state index contributed by atoms with van der Waals surface area (Å²) in [5.74, 6) is -0.620. The Balaban J connectivity index is 1.44. The van der Waals surface area contributed by atoms with Crippen LogP contribution in [0, 0.1) is 0 Å². The van der Waals surface area contributed by atoms with E-state index in [0.717, 1.165) is 69.7 Å². The maximum Gasteiger partial charge on any atom is 0.264 e. The first-order chi connectivity index (χ1) is 21.5. The van der Waals surface area contributed by atoms with Crippen molar-refractivity contribution in [3.63, 3.8) is 0 Å². The summed E-state index contributed by atoms with van der Waals surface area (Å²) in [6.07, 6.45) is 6.13. The smallest absolute Gasteiger partial charge is 0.264 e. The lowest BCUT2D eigenvalue weighted by molar-refractivity contribution is 0.479. The fraction of sp³-hybridized carbons (Fsp3) is 0.235. The van der Waals surface area contributed by atoms with Crippen molar-refractivity contribution in [1.29, 1.82) is 0 Å². The first-order valence-electron chi connectivity index (χ1n) is 14.7. The van der Waals surface area contributed by atoms with Crippen molar-refractivity contribution in [3.8, 4) is 0 Å². The van der Waals surface area contributed by atoms with E-state index in [4.69, 9.17) is 0 Å². The molecule has 0 aliphatic carbocycles. The topological polar surface area (TPSA) is 112 Å². The number of thioether (sulfide) groups is 1.